The summed E-state index contributed by atoms with van der Waals surface area (Å²) in [5.74, 6) is 0.560. The molecule has 4 nitrogen and oxygen atoms in total. The van der Waals surface area contributed by atoms with Gasteiger partial charge in [-0.2, -0.15) is 0 Å². The summed E-state index contributed by atoms with van der Waals surface area (Å²) in [7, 11) is 1.64. The van der Waals surface area contributed by atoms with E-state index in [4.69, 9.17) is 16.3 Å². The van der Waals surface area contributed by atoms with E-state index in [0.29, 0.717) is 17.6 Å². The minimum atomic E-state index is 0.471. The molecule has 0 bridgehead atoms. The second-order valence-corrected chi connectivity index (χ2v) is 4.33. The summed E-state index contributed by atoms with van der Waals surface area (Å²) in [4.78, 5) is 8.68. The number of rotatable bonds is 4. The van der Waals surface area contributed by atoms with E-state index in [1.54, 1.807) is 7.11 Å². The van der Waals surface area contributed by atoms with Crippen molar-refractivity contribution in [3.8, 4) is 0 Å². The van der Waals surface area contributed by atoms with E-state index in [9.17, 15) is 0 Å². The molecule has 0 radical (unpaired) electrons. The minimum absolute atomic E-state index is 0.471. The van der Waals surface area contributed by atoms with Crippen LogP contribution in [0.1, 0.15) is 11.4 Å². The fourth-order valence-electron chi connectivity index (χ4n) is 1.57. The third-order valence-corrected chi connectivity index (χ3v) is 2.55. The van der Waals surface area contributed by atoms with Crippen LogP contribution in [0.25, 0.3) is 0 Å². The molecule has 2 aromatic rings. The smallest absolute Gasteiger partial charge is 0.227 e. The second-order valence-electron chi connectivity index (χ2n) is 3.89. The van der Waals surface area contributed by atoms with E-state index in [-0.39, 0.29) is 0 Å². The molecule has 0 saturated heterocycles. The van der Waals surface area contributed by atoms with Crippen molar-refractivity contribution in [3.63, 3.8) is 0 Å². The Bertz CT molecular complexity index is 528. The summed E-state index contributed by atoms with van der Waals surface area (Å²) in [5, 5.41) is 3.83. The van der Waals surface area contributed by atoms with Crippen molar-refractivity contribution in [1.29, 1.82) is 0 Å². The van der Waals surface area contributed by atoms with Crippen LogP contribution in [0.3, 0.4) is 0 Å². The van der Waals surface area contributed by atoms with Gasteiger partial charge in [0.25, 0.3) is 0 Å². The first-order valence-corrected chi connectivity index (χ1v) is 5.91. The predicted octanol–water partition coefficient (Wildman–Crippen LogP) is 3.33. The van der Waals surface area contributed by atoms with Gasteiger partial charge in [0.1, 0.15) is 0 Å². The van der Waals surface area contributed by atoms with Crippen LogP contribution in [-0.2, 0) is 11.3 Å². The molecule has 0 saturated carbocycles. The molecule has 0 spiro atoms. The van der Waals surface area contributed by atoms with Gasteiger partial charge in [-0.05, 0) is 37.3 Å². The summed E-state index contributed by atoms with van der Waals surface area (Å²) in [6, 6.07) is 9.29. The van der Waals surface area contributed by atoms with Gasteiger partial charge in [0, 0.05) is 23.5 Å². The van der Waals surface area contributed by atoms with Gasteiger partial charge in [-0.1, -0.05) is 11.6 Å². The minimum Gasteiger partial charge on any atom is -0.378 e. The number of anilines is 2. The number of hydrogen-bond acceptors (Lipinski definition) is 4. The Balaban J connectivity index is 2.20. The van der Waals surface area contributed by atoms with Crippen molar-refractivity contribution in [1.82, 2.24) is 9.97 Å². The number of nitrogens with one attached hydrogen (secondary N) is 1. The van der Waals surface area contributed by atoms with Gasteiger partial charge in [-0.3, -0.25) is 0 Å². The Morgan fingerprint density at radius 2 is 1.94 bits per heavy atom. The molecule has 18 heavy (non-hydrogen) atoms. The van der Waals surface area contributed by atoms with Gasteiger partial charge < -0.3 is 10.1 Å². The maximum Gasteiger partial charge on any atom is 0.227 e. The first-order valence-electron chi connectivity index (χ1n) is 5.53. The van der Waals surface area contributed by atoms with Crippen LogP contribution in [0.5, 0.6) is 0 Å². The molecule has 0 aliphatic carbocycles. The monoisotopic (exact) mass is 263 g/mol. The molecular weight excluding hydrogens is 250 g/mol. The van der Waals surface area contributed by atoms with Crippen LogP contribution in [-0.4, -0.2) is 17.1 Å². The zero-order valence-electron chi connectivity index (χ0n) is 10.3. The third kappa shape index (κ3) is 3.42. The first kappa shape index (κ1) is 12.8. The molecule has 0 amide bonds. The van der Waals surface area contributed by atoms with Crippen LogP contribution in [0, 0.1) is 6.92 Å². The zero-order chi connectivity index (χ0) is 13.0. The molecule has 1 aromatic carbocycles. The number of nitrogens with zero attached hydrogens (tertiary/aromatic N) is 2. The quantitative estimate of drug-likeness (QED) is 0.919. The number of benzene rings is 1. The van der Waals surface area contributed by atoms with Gasteiger partial charge in [0.15, 0.2) is 0 Å². The van der Waals surface area contributed by atoms with E-state index >= 15 is 0 Å². The molecule has 0 aliphatic heterocycles. The van der Waals surface area contributed by atoms with E-state index in [0.717, 1.165) is 17.1 Å². The summed E-state index contributed by atoms with van der Waals surface area (Å²) >= 11 is 5.83. The maximum absolute atomic E-state index is 5.83. The summed E-state index contributed by atoms with van der Waals surface area (Å²) in [5.41, 5.74) is 2.64. The third-order valence-electron chi connectivity index (χ3n) is 2.30. The fraction of sp³-hybridized carbons (Fsp3) is 0.231. The highest BCUT2D eigenvalue weighted by molar-refractivity contribution is 6.30. The molecule has 0 aliphatic rings. The average Bonchev–Trinajstić information content (AvgIpc) is 2.32. The molecule has 1 aromatic heterocycles. The Morgan fingerprint density at radius 3 is 2.61 bits per heavy atom. The highest BCUT2D eigenvalue weighted by Crippen LogP contribution is 2.17. The van der Waals surface area contributed by atoms with E-state index < -0.39 is 0 Å². The predicted molar refractivity (Wildman–Crippen MR) is 72.2 cm³/mol. The second kappa shape index (κ2) is 5.80. The van der Waals surface area contributed by atoms with Crippen molar-refractivity contribution >= 4 is 23.2 Å². The first-order chi connectivity index (χ1) is 8.67. The van der Waals surface area contributed by atoms with Crippen LogP contribution in [0.2, 0.25) is 5.02 Å². The molecular formula is C13H14ClN3O. The van der Waals surface area contributed by atoms with Gasteiger partial charge in [0.05, 0.1) is 12.3 Å². The van der Waals surface area contributed by atoms with Crippen LogP contribution in [0.4, 0.5) is 11.6 Å². The Kier molecular flexibility index (Phi) is 4.12. The van der Waals surface area contributed by atoms with E-state index in [1.165, 1.54) is 0 Å². The molecule has 1 heterocycles. The highest BCUT2D eigenvalue weighted by Gasteiger charge is 2.02. The van der Waals surface area contributed by atoms with E-state index in [1.807, 2.05) is 37.3 Å². The van der Waals surface area contributed by atoms with Crippen molar-refractivity contribution in [2.45, 2.75) is 13.5 Å². The van der Waals surface area contributed by atoms with Crippen molar-refractivity contribution in [2.75, 3.05) is 12.4 Å². The Labute approximate surface area is 111 Å². The maximum atomic E-state index is 5.83. The average molecular weight is 264 g/mol. The number of ether oxygens (including phenoxy) is 1. The number of aromatic nitrogens is 2. The SMILES string of the molecule is COCc1cc(C)nc(Nc2ccc(Cl)cc2)n1. The largest absolute Gasteiger partial charge is 0.378 e. The van der Waals surface area contributed by atoms with Crippen LogP contribution in [0.15, 0.2) is 30.3 Å². The molecule has 0 fully saturated rings. The lowest BCUT2D eigenvalue weighted by Crippen LogP contribution is -2.02. The lowest BCUT2D eigenvalue weighted by atomic mass is 10.3. The number of hydrogen-bond donors (Lipinski definition) is 1. The normalized spacial score (nSPS) is 10.4. The van der Waals surface area contributed by atoms with Crippen molar-refractivity contribution < 1.29 is 4.74 Å². The lowest BCUT2D eigenvalue weighted by Gasteiger charge is -2.07. The summed E-state index contributed by atoms with van der Waals surface area (Å²) in [6.45, 7) is 2.40. The molecule has 94 valence electrons. The van der Waals surface area contributed by atoms with Crippen molar-refractivity contribution in [2.24, 2.45) is 0 Å². The van der Waals surface area contributed by atoms with Crippen molar-refractivity contribution in [3.05, 3.63) is 46.7 Å². The number of aryl methyl sites for hydroxylation is 1. The van der Waals surface area contributed by atoms with Gasteiger partial charge >= 0.3 is 0 Å². The van der Waals surface area contributed by atoms with Gasteiger partial charge in [0.2, 0.25) is 5.95 Å². The standard InChI is InChI=1S/C13H14ClN3O/c1-9-7-12(8-18-2)17-13(15-9)16-11-5-3-10(14)4-6-11/h3-7H,8H2,1-2H3,(H,15,16,17). The molecule has 0 atom stereocenters. The zero-order valence-corrected chi connectivity index (χ0v) is 11.0. The topological polar surface area (TPSA) is 47.0 Å². The molecule has 2 rings (SSSR count). The highest BCUT2D eigenvalue weighted by atomic mass is 35.5. The lowest BCUT2D eigenvalue weighted by molar-refractivity contribution is 0.181. The molecule has 0 unspecified atom stereocenters. The van der Waals surface area contributed by atoms with E-state index in [2.05, 4.69) is 15.3 Å². The Morgan fingerprint density at radius 1 is 1.22 bits per heavy atom. The van der Waals surface area contributed by atoms with Crippen LogP contribution < -0.4 is 5.32 Å². The van der Waals surface area contributed by atoms with Gasteiger partial charge in [-0.25, -0.2) is 9.97 Å². The number of methoxy groups -OCH3 is 1. The van der Waals surface area contributed by atoms with Crippen LogP contribution >= 0.6 is 11.6 Å². The summed E-state index contributed by atoms with van der Waals surface area (Å²) in [6.07, 6.45) is 0. The Hall–Kier alpha value is -1.65. The molecule has 5 heteroatoms. The van der Waals surface area contributed by atoms with Gasteiger partial charge in [-0.15, -0.1) is 0 Å². The fourth-order valence-corrected chi connectivity index (χ4v) is 1.70. The summed E-state index contributed by atoms with van der Waals surface area (Å²) < 4.78 is 5.07. The number of halogens is 1. The molecule has 1 N–H and O–H groups in total.